The second kappa shape index (κ2) is 5.89. The zero-order chi connectivity index (χ0) is 10.5. The molecule has 0 radical (unpaired) electrons. The summed E-state index contributed by atoms with van der Waals surface area (Å²) in [5, 5.41) is 3.68. The van der Waals surface area contributed by atoms with E-state index in [4.69, 9.17) is 11.6 Å². The third-order valence-corrected chi connectivity index (χ3v) is 4.11. The Bertz CT molecular complexity index is 301. The lowest BCUT2D eigenvalue weighted by atomic mass is 10.4. The number of thioether (sulfide) groups is 1. The van der Waals surface area contributed by atoms with Gasteiger partial charge in [0.15, 0.2) is 11.0 Å². The van der Waals surface area contributed by atoms with Gasteiger partial charge in [-0.3, -0.25) is 4.90 Å². The van der Waals surface area contributed by atoms with Crippen LogP contribution in [-0.4, -0.2) is 51.3 Å². The molecule has 0 bridgehead atoms. The van der Waals surface area contributed by atoms with E-state index in [1.54, 1.807) is 0 Å². The highest BCUT2D eigenvalue weighted by Gasteiger charge is 2.10. The van der Waals surface area contributed by atoms with Gasteiger partial charge in [0.25, 0.3) is 0 Å². The fourth-order valence-corrected chi connectivity index (χ4v) is 3.10. The van der Waals surface area contributed by atoms with Crippen LogP contribution in [0.3, 0.4) is 0 Å². The van der Waals surface area contributed by atoms with Gasteiger partial charge in [0.2, 0.25) is 0 Å². The molecule has 1 aromatic rings. The molecular weight excluding hydrogens is 252 g/mol. The maximum absolute atomic E-state index is 5.82. The summed E-state index contributed by atoms with van der Waals surface area (Å²) in [5.41, 5.74) is 0. The molecule has 1 saturated heterocycles. The highest BCUT2D eigenvalue weighted by atomic mass is 35.5. The van der Waals surface area contributed by atoms with Gasteiger partial charge in [-0.25, -0.2) is 0 Å². The van der Waals surface area contributed by atoms with Crippen LogP contribution in [0.25, 0.3) is 0 Å². The number of hydrogen-bond acceptors (Lipinski definition) is 6. The Balaban J connectivity index is 1.68. The fraction of sp³-hybridized carbons (Fsp3) is 0.750. The Hall–Kier alpha value is -0.0400. The predicted octanol–water partition coefficient (Wildman–Crippen LogP) is 1.65. The Morgan fingerprint density at radius 1 is 1.33 bits per heavy atom. The minimum absolute atomic E-state index is 0.481. The zero-order valence-corrected chi connectivity index (χ0v) is 10.7. The molecule has 0 amide bonds. The maximum atomic E-state index is 5.82. The standard InChI is InChI=1S/C8H13ClN4S2/c9-7-8(12-15-11-7)10-1-2-13-3-5-14-6-4-13/h1-6H2,(H,10,12). The van der Waals surface area contributed by atoms with Crippen LogP contribution in [0, 0.1) is 0 Å². The minimum Gasteiger partial charge on any atom is -0.365 e. The molecule has 1 fully saturated rings. The largest absolute Gasteiger partial charge is 0.365 e. The number of rotatable bonds is 4. The molecule has 1 aromatic heterocycles. The molecule has 0 unspecified atom stereocenters. The van der Waals surface area contributed by atoms with Crippen molar-refractivity contribution in [1.82, 2.24) is 13.6 Å². The first-order chi connectivity index (χ1) is 7.36. The normalized spacial score (nSPS) is 17.9. The van der Waals surface area contributed by atoms with Crippen LogP contribution < -0.4 is 5.32 Å². The van der Waals surface area contributed by atoms with Crippen molar-refractivity contribution in [2.75, 3.05) is 43.0 Å². The molecule has 2 heterocycles. The second-order valence-electron chi connectivity index (χ2n) is 3.28. The van der Waals surface area contributed by atoms with E-state index in [1.807, 2.05) is 11.8 Å². The van der Waals surface area contributed by atoms with Gasteiger partial charge >= 0.3 is 0 Å². The quantitative estimate of drug-likeness (QED) is 0.896. The van der Waals surface area contributed by atoms with Crippen LogP contribution in [0.4, 0.5) is 5.82 Å². The molecule has 0 atom stereocenters. The van der Waals surface area contributed by atoms with Gasteiger partial charge in [-0.15, -0.1) is 0 Å². The van der Waals surface area contributed by atoms with Crippen molar-refractivity contribution < 1.29 is 0 Å². The molecule has 0 aliphatic carbocycles. The van der Waals surface area contributed by atoms with Crippen LogP contribution in [-0.2, 0) is 0 Å². The lowest BCUT2D eigenvalue weighted by Crippen LogP contribution is -2.36. The first kappa shape index (κ1) is 11.4. The first-order valence-electron chi connectivity index (χ1n) is 4.88. The molecule has 0 saturated carbocycles. The van der Waals surface area contributed by atoms with Crippen molar-refractivity contribution in [3.05, 3.63) is 5.15 Å². The SMILES string of the molecule is Clc1nsnc1NCCN1CCSCC1. The van der Waals surface area contributed by atoms with Crippen molar-refractivity contribution in [1.29, 1.82) is 0 Å². The molecule has 2 rings (SSSR count). The van der Waals surface area contributed by atoms with Gasteiger partial charge in [-0.2, -0.15) is 20.5 Å². The third kappa shape index (κ3) is 3.48. The average molecular weight is 265 g/mol. The van der Waals surface area contributed by atoms with E-state index in [9.17, 15) is 0 Å². The number of nitrogens with one attached hydrogen (secondary N) is 1. The Kier molecular flexibility index (Phi) is 4.49. The van der Waals surface area contributed by atoms with E-state index in [0.717, 1.165) is 24.8 Å². The van der Waals surface area contributed by atoms with Gasteiger partial charge in [-0.05, 0) is 0 Å². The molecule has 1 aliphatic rings. The molecule has 0 spiro atoms. The Labute approximate surface area is 103 Å². The summed E-state index contributed by atoms with van der Waals surface area (Å²) < 4.78 is 7.96. The van der Waals surface area contributed by atoms with Crippen LogP contribution in [0.2, 0.25) is 5.15 Å². The van der Waals surface area contributed by atoms with Crippen molar-refractivity contribution in [2.45, 2.75) is 0 Å². The number of nitrogens with zero attached hydrogens (tertiary/aromatic N) is 3. The molecule has 1 aliphatic heterocycles. The second-order valence-corrected chi connectivity index (χ2v) is 5.40. The van der Waals surface area contributed by atoms with Gasteiger partial charge in [0.1, 0.15) is 0 Å². The molecule has 1 N–H and O–H groups in total. The number of anilines is 1. The molecule has 7 heteroatoms. The third-order valence-electron chi connectivity index (χ3n) is 2.27. The average Bonchev–Trinajstić information content (AvgIpc) is 2.66. The Morgan fingerprint density at radius 3 is 2.80 bits per heavy atom. The van der Waals surface area contributed by atoms with Gasteiger partial charge < -0.3 is 5.32 Å². The van der Waals surface area contributed by atoms with E-state index in [-0.39, 0.29) is 0 Å². The summed E-state index contributed by atoms with van der Waals surface area (Å²) >= 11 is 8.99. The van der Waals surface area contributed by atoms with Gasteiger partial charge in [-0.1, -0.05) is 11.6 Å². The van der Waals surface area contributed by atoms with Crippen molar-refractivity contribution in [2.24, 2.45) is 0 Å². The summed E-state index contributed by atoms with van der Waals surface area (Å²) in [5.74, 6) is 3.21. The summed E-state index contributed by atoms with van der Waals surface area (Å²) in [6, 6.07) is 0. The van der Waals surface area contributed by atoms with Crippen LogP contribution in [0.15, 0.2) is 0 Å². The lowest BCUT2D eigenvalue weighted by Gasteiger charge is -2.25. The minimum atomic E-state index is 0.481. The molecule has 4 nitrogen and oxygen atoms in total. The maximum Gasteiger partial charge on any atom is 0.186 e. The summed E-state index contributed by atoms with van der Waals surface area (Å²) in [6.07, 6.45) is 0. The smallest absolute Gasteiger partial charge is 0.186 e. The topological polar surface area (TPSA) is 41.1 Å². The van der Waals surface area contributed by atoms with Crippen molar-refractivity contribution in [3.8, 4) is 0 Å². The van der Waals surface area contributed by atoms with Gasteiger partial charge in [0.05, 0.1) is 11.7 Å². The van der Waals surface area contributed by atoms with E-state index in [2.05, 4.69) is 19.0 Å². The van der Waals surface area contributed by atoms with E-state index in [0.29, 0.717) is 11.0 Å². The number of aromatic nitrogens is 2. The van der Waals surface area contributed by atoms with E-state index in [1.165, 1.54) is 24.6 Å². The Morgan fingerprint density at radius 2 is 2.13 bits per heavy atom. The zero-order valence-electron chi connectivity index (χ0n) is 8.28. The summed E-state index contributed by atoms with van der Waals surface area (Å²) in [7, 11) is 0. The lowest BCUT2D eigenvalue weighted by molar-refractivity contribution is 0.314. The van der Waals surface area contributed by atoms with E-state index < -0.39 is 0 Å². The summed E-state index contributed by atoms with van der Waals surface area (Å²) in [4.78, 5) is 2.46. The predicted molar refractivity (Wildman–Crippen MR) is 67.2 cm³/mol. The van der Waals surface area contributed by atoms with Crippen LogP contribution in [0.1, 0.15) is 0 Å². The van der Waals surface area contributed by atoms with Crippen molar-refractivity contribution in [3.63, 3.8) is 0 Å². The van der Waals surface area contributed by atoms with Crippen LogP contribution in [0.5, 0.6) is 0 Å². The van der Waals surface area contributed by atoms with Gasteiger partial charge in [0, 0.05) is 37.7 Å². The van der Waals surface area contributed by atoms with Crippen LogP contribution >= 0.6 is 35.1 Å². The molecule has 0 aromatic carbocycles. The highest BCUT2D eigenvalue weighted by molar-refractivity contribution is 7.99. The molecular formula is C8H13ClN4S2. The number of halogens is 1. The summed E-state index contributed by atoms with van der Waals surface area (Å²) in [6.45, 7) is 4.31. The highest BCUT2D eigenvalue weighted by Crippen LogP contribution is 2.17. The first-order valence-corrected chi connectivity index (χ1v) is 7.14. The molecule has 84 valence electrons. The monoisotopic (exact) mass is 264 g/mol. The molecule has 15 heavy (non-hydrogen) atoms. The number of hydrogen-bond donors (Lipinski definition) is 1. The van der Waals surface area contributed by atoms with E-state index >= 15 is 0 Å². The fourth-order valence-electron chi connectivity index (χ4n) is 1.44. The van der Waals surface area contributed by atoms with Crippen molar-refractivity contribution >= 4 is 40.9 Å².